The fourth-order valence-corrected chi connectivity index (χ4v) is 1.97. The smallest absolute Gasteiger partial charge is 0.460 e. The van der Waals surface area contributed by atoms with Crippen molar-refractivity contribution in [2.45, 2.75) is 19.1 Å². The molecular formula is C12H9F5O6S. The van der Waals surface area contributed by atoms with E-state index in [4.69, 9.17) is 0 Å². The molecule has 0 atom stereocenters. The van der Waals surface area contributed by atoms with Crippen LogP contribution >= 0.6 is 0 Å². The first-order valence-corrected chi connectivity index (χ1v) is 7.46. The van der Waals surface area contributed by atoms with Crippen molar-refractivity contribution < 1.29 is 48.9 Å². The van der Waals surface area contributed by atoms with Gasteiger partial charge in [0.05, 0.1) is 12.2 Å². The summed E-state index contributed by atoms with van der Waals surface area (Å²) in [5, 5.41) is 0. The van der Waals surface area contributed by atoms with Crippen molar-refractivity contribution in [2.24, 2.45) is 0 Å². The first-order chi connectivity index (χ1) is 11.0. The van der Waals surface area contributed by atoms with E-state index < -0.39 is 56.7 Å². The first kappa shape index (κ1) is 19.8. The van der Waals surface area contributed by atoms with E-state index in [9.17, 15) is 40.0 Å². The molecule has 1 rings (SSSR count). The maximum absolute atomic E-state index is 13.7. The molecule has 0 saturated carbocycles. The fourth-order valence-electron chi connectivity index (χ4n) is 1.50. The van der Waals surface area contributed by atoms with Crippen LogP contribution in [0, 0.1) is 5.82 Å². The summed E-state index contributed by atoms with van der Waals surface area (Å²) in [6, 6.07) is 1.03. The first-order valence-electron chi connectivity index (χ1n) is 6.05. The van der Waals surface area contributed by atoms with Crippen LogP contribution in [-0.4, -0.2) is 32.3 Å². The molecule has 0 saturated heterocycles. The van der Waals surface area contributed by atoms with Gasteiger partial charge in [0.1, 0.15) is 6.67 Å². The lowest BCUT2D eigenvalue weighted by molar-refractivity contribution is -0.137. The van der Waals surface area contributed by atoms with Gasteiger partial charge in [0.15, 0.2) is 11.6 Å². The maximum Gasteiger partial charge on any atom is 0.534 e. The minimum Gasteiger partial charge on any atom is -0.460 e. The lowest BCUT2D eigenvalue weighted by Crippen LogP contribution is -2.30. The molecule has 0 unspecified atom stereocenters. The van der Waals surface area contributed by atoms with Crippen molar-refractivity contribution in [2.75, 3.05) is 6.61 Å². The summed E-state index contributed by atoms with van der Waals surface area (Å²) in [6.07, 6.45) is 0. The lowest BCUT2D eigenvalue weighted by atomic mass is 10.0. The van der Waals surface area contributed by atoms with Crippen LogP contribution in [0.4, 0.5) is 22.0 Å². The molecule has 0 aliphatic rings. The highest BCUT2D eigenvalue weighted by Gasteiger charge is 2.49. The van der Waals surface area contributed by atoms with Gasteiger partial charge >= 0.3 is 21.6 Å². The van der Waals surface area contributed by atoms with Gasteiger partial charge in [0.25, 0.3) is 5.78 Å². The Morgan fingerprint density at radius 1 is 1.21 bits per heavy atom. The van der Waals surface area contributed by atoms with Gasteiger partial charge in [-0.05, 0) is 18.6 Å². The van der Waals surface area contributed by atoms with Gasteiger partial charge < -0.3 is 8.92 Å². The summed E-state index contributed by atoms with van der Waals surface area (Å²) >= 11 is 0. The van der Waals surface area contributed by atoms with Crippen LogP contribution < -0.4 is 4.18 Å². The Morgan fingerprint density at radius 3 is 2.25 bits per heavy atom. The molecule has 0 radical (unpaired) electrons. The number of hydrogen-bond donors (Lipinski definition) is 0. The summed E-state index contributed by atoms with van der Waals surface area (Å²) in [5.41, 5.74) is -7.99. The highest BCUT2D eigenvalue weighted by molar-refractivity contribution is 7.88. The van der Waals surface area contributed by atoms with E-state index in [-0.39, 0.29) is 6.61 Å². The summed E-state index contributed by atoms with van der Waals surface area (Å²) in [7, 11) is -6.36. The predicted molar refractivity (Wildman–Crippen MR) is 67.8 cm³/mol. The van der Waals surface area contributed by atoms with Crippen molar-refractivity contribution >= 4 is 21.9 Å². The van der Waals surface area contributed by atoms with Crippen LogP contribution in [0.3, 0.4) is 0 Å². The molecule has 1 aromatic carbocycles. The summed E-state index contributed by atoms with van der Waals surface area (Å²) < 4.78 is 93.6. The predicted octanol–water partition coefficient (Wildman–Crippen LogP) is 2.27. The Hall–Kier alpha value is -2.24. The number of hydrogen-bond acceptors (Lipinski definition) is 6. The minimum absolute atomic E-state index is 0.318. The normalized spacial score (nSPS) is 11.9. The van der Waals surface area contributed by atoms with Crippen molar-refractivity contribution in [3.8, 4) is 5.75 Å². The second kappa shape index (κ2) is 7.11. The molecule has 0 heterocycles. The fraction of sp³-hybridized carbons (Fsp3) is 0.333. The zero-order valence-corrected chi connectivity index (χ0v) is 12.6. The molecule has 0 aliphatic heterocycles. The average molecular weight is 376 g/mol. The highest BCUT2D eigenvalue weighted by Crippen LogP contribution is 2.33. The van der Waals surface area contributed by atoms with Gasteiger partial charge in [-0.3, -0.25) is 4.79 Å². The Bertz CT molecular complexity index is 756. The van der Waals surface area contributed by atoms with E-state index in [0.29, 0.717) is 12.1 Å². The summed E-state index contributed by atoms with van der Waals surface area (Å²) in [4.78, 5) is 23.3. The Labute approximate surface area is 132 Å². The largest absolute Gasteiger partial charge is 0.534 e. The second-order valence-electron chi connectivity index (χ2n) is 4.08. The van der Waals surface area contributed by atoms with Gasteiger partial charge in [-0.2, -0.15) is 21.6 Å². The SMILES string of the molecule is CCOC(=O)C(=O)c1c(CF)ccc(F)c1OS(=O)(=O)C(F)(F)F. The van der Waals surface area contributed by atoms with Gasteiger partial charge in [-0.15, -0.1) is 0 Å². The van der Waals surface area contributed by atoms with Gasteiger partial charge in [0, 0.05) is 0 Å². The second-order valence-corrected chi connectivity index (χ2v) is 5.61. The Balaban J connectivity index is 3.55. The van der Waals surface area contributed by atoms with E-state index in [2.05, 4.69) is 8.92 Å². The summed E-state index contributed by atoms with van der Waals surface area (Å²) in [5.74, 6) is -6.85. The molecule has 0 aromatic heterocycles. The number of benzene rings is 1. The number of halogens is 5. The van der Waals surface area contributed by atoms with Crippen molar-refractivity contribution in [3.63, 3.8) is 0 Å². The molecular weight excluding hydrogens is 367 g/mol. The molecule has 24 heavy (non-hydrogen) atoms. The molecule has 0 amide bonds. The zero-order valence-electron chi connectivity index (χ0n) is 11.8. The number of rotatable bonds is 6. The molecule has 0 fully saturated rings. The van der Waals surface area contributed by atoms with E-state index in [1.54, 1.807) is 0 Å². The average Bonchev–Trinajstić information content (AvgIpc) is 2.47. The third-order valence-corrected chi connectivity index (χ3v) is 3.46. The number of esters is 1. The van der Waals surface area contributed by atoms with E-state index in [0.717, 1.165) is 0 Å². The van der Waals surface area contributed by atoms with Crippen LogP contribution in [-0.2, 0) is 26.3 Å². The number of ether oxygens (including phenoxy) is 1. The van der Waals surface area contributed by atoms with Crippen LogP contribution in [0.5, 0.6) is 5.75 Å². The van der Waals surface area contributed by atoms with E-state index in [1.807, 2.05) is 0 Å². The van der Waals surface area contributed by atoms with Crippen molar-refractivity contribution in [1.82, 2.24) is 0 Å². The standard InChI is InChI=1S/C12H9F5O6S/c1-2-22-11(19)9(18)8-6(5-13)3-4-7(14)10(8)23-24(20,21)12(15,16)17/h3-4H,2,5H2,1H3. The number of carbonyl (C=O) groups excluding carboxylic acids is 2. The Kier molecular flexibility index (Phi) is 5.87. The third kappa shape index (κ3) is 3.99. The van der Waals surface area contributed by atoms with E-state index >= 15 is 0 Å². The molecule has 0 aliphatic carbocycles. The van der Waals surface area contributed by atoms with Gasteiger partial charge in [-0.1, -0.05) is 6.07 Å². The highest BCUT2D eigenvalue weighted by atomic mass is 32.2. The lowest BCUT2D eigenvalue weighted by Gasteiger charge is -2.14. The molecule has 0 N–H and O–H groups in total. The zero-order chi connectivity index (χ0) is 18.7. The minimum atomic E-state index is -6.36. The molecule has 134 valence electrons. The number of ketones is 1. The van der Waals surface area contributed by atoms with Crippen LogP contribution in [0.15, 0.2) is 12.1 Å². The Morgan fingerprint density at radius 2 is 1.79 bits per heavy atom. The molecule has 0 bridgehead atoms. The van der Waals surface area contributed by atoms with Crippen molar-refractivity contribution in [3.05, 3.63) is 29.1 Å². The van der Waals surface area contributed by atoms with Gasteiger partial charge in [0.2, 0.25) is 0 Å². The van der Waals surface area contributed by atoms with Crippen LogP contribution in [0.2, 0.25) is 0 Å². The number of alkyl halides is 4. The molecule has 6 nitrogen and oxygen atoms in total. The van der Waals surface area contributed by atoms with Crippen LogP contribution in [0.25, 0.3) is 0 Å². The van der Waals surface area contributed by atoms with E-state index in [1.165, 1.54) is 6.92 Å². The molecule has 0 spiro atoms. The molecule has 12 heteroatoms. The molecule has 1 aromatic rings. The summed E-state index contributed by atoms with van der Waals surface area (Å²) in [6.45, 7) is -0.538. The van der Waals surface area contributed by atoms with Gasteiger partial charge in [-0.25, -0.2) is 13.6 Å². The monoisotopic (exact) mass is 376 g/mol. The maximum atomic E-state index is 13.7. The number of carbonyl (C=O) groups is 2. The topological polar surface area (TPSA) is 86.7 Å². The number of Topliss-reactive ketones (excluding diaryl/α,β-unsaturated/α-hetero) is 1. The third-order valence-electron chi connectivity index (χ3n) is 2.50. The quantitative estimate of drug-likeness (QED) is 0.189. The van der Waals surface area contributed by atoms with Crippen molar-refractivity contribution in [1.29, 1.82) is 0 Å². The van der Waals surface area contributed by atoms with Crippen LogP contribution in [0.1, 0.15) is 22.8 Å².